The molecule has 0 fully saturated rings. The fourth-order valence-electron chi connectivity index (χ4n) is 3.82. The summed E-state index contributed by atoms with van der Waals surface area (Å²) in [7, 11) is 0. The van der Waals surface area contributed by atoms with Crippen molar-refractivity contribution in [1.29, 1.82) is 0 Å². The van der Waals surface area contributed by atoms with Crippen LogP contribution in [0.15, 0.2) is 59.8 Å². The van der Waals surface area contributed by atoms with E-state index in [-0.39, 0.29) is 24.4 Å². The SMILES string of the molecule is CCOc1ccc([C@H]2CC(=O)N(c3cccc(C(F)(F)F)c3)C3=C2C(=O)OC3)cc1. The average Bonchev–Trinajstić information content (AvgIpc) is 3.09. The Morgan fingerprint density at radius 3 is 2.53 bits per heavy atom. The molecule has 0 radical (unpaired) electrons. The number of alkyl halides is 3. The van der Waals surface area contributed by atoms with Crippen LogP contribution in [0, 0.1) is 0 Å². The molecule has 0 spiro atoms. The molecule has 8 heteroatoms. The molecule has 2 aromatic rings. The molecule has 1 atom stereocenters. The van der Waals surface area contributed by atoms with Crippen LogP contribution in [0.2, 0.25) is 0 Å². The van der Waals surface area contributed by atoms with Gasteiger partial charge in [0.2, 0.25) is 5.91 Å². The first-order valence-electron chi connectivity index (χ1n) is 9.42. The van der Waals surface area contributed by atoms with Crippen LogP contribution in [0.1, 0.15) is 30.4 Å². The molecule has 0 aromatic heterocycles. The van der Waals surface area contributed by atoms with E-state index in [1.165, 1.54) is 17.0 Å². The summed E-state index contributed by atoms with van der Waals surface area (Å²) in [5.74, 6) is -0.823. The first kappa shape index (κ1) is 20.0. The van der Waals surface area contributed by atoms with Crippen molar-refractivity contribution in [2.24, 2.45) is 0 Å². The quantitative estimate of drug-likeness (QED) is 0.691. The van der Waals surface area contributed by atoms with Gasteiger partial charge in [-0.2, -0.15) is 13.2 Å². The molecule has 2 heterocycles. The monoisotopic (exact) mass is 417 g/mol. The maximum Gasteiger partial charge on any atom is 0.416 e. The lowest BCUT2D eigenvalue weighted by Gasteiger charge is -2.32. The second-order valence-electron chi connectivity index (χ2n) is 6.97. The van der Waals surface area contributed by atoms with Gasteiger partial charge in [0.25, 0.3) is 0 Å². The number of nitrogens with zero attached hydrogens (tertiary/aromatic N) is 1. The molecule has 2 aliphatic heterocycles. The Morgan fingerprint density at radius 2 is 1.87 bits per heavy atom. The van der Waals surface area contributed by atoms with Gasteiger partial charge in [-0.3, -0.25) is 9.69 Å². The molecule has 0 saturated heterocycles. The summed E-state index contributed by atoms with van der Waals surface area (Å²) in [6.07, 6.45) is -4.60. The third-order valence-electron chi connectivity index (χ3n) is 5.14. The Labute approximate surface area is 170 Å². The standard InChI is InChI=1S/C22H18F3NO4/c1-2-29-16-8-6-13(7-9-16)17-11-19(27)26(18-12-30-21(28)20(17)18)15-5-3-4-14(10-15)22(23,24)25/h3-10,17H,2,11-12H2,1H3/t17-/m1/s1. The Hall–Kier alpha value is -3.29. The molecule has 156 valence electrons. The summed E-state index contributed by atoms with van der Waals surface area (Å²) in [4.78, 5) is 26.6. The number of ether oxygens (including phenoxy) is 2. The number of hydrogen-bond acceptors (Lipinski definition) is 4. The molecule has 30 heavy (non-hydrogen) atoms. The summed E-state index contributed by atoms with van der Waals surface area (Å²) in [5.41, 5.74) is 0.520. The maximum absolute atomic E-state index is 13.1. The Bertz CT molecular complexity index is 1030. The topological polar surface area (TPSA) is 55.8 Å². The van der Waals surface area contributed by atoms with Crippen LogP contribution in [0.25, 0.3) is 0 Å². The normalized spacial score (nSPS) is 19.1. The fourth-order valence-corrected chi connectivity index (χ4v) is 3.82. The molecular weight excluding hydrogens is 399 g/mol. The van der Waals surface area contributed by atoms with E-state index in [0.717, 1.165) is 17.7 Å². The molecule has 5 nitrogen and oxygen atoms in total. The van der Waals surface area contributed by atoms with E-state index in [0.29, 0.717) is 17.9 Å². The maximum atomic E-state index is 13.1. The highest BCUT2D eigenvalue weighted by Crippen LogP contribution is 2.43. The number of halogens is 3. The summed E-state index contributed by atoms with van der Waals surface area (Å²) in [5, 5.41) is 0. The van der Waals surface area contributed by atoms with Gasteiger partial charge in [-0.05, 0) is 42.8 Å². The van der Waals surface area contributed by atoms with Gasteiger partial charge in [-0.15, -0.1) is 0 Å². The van der Waals surface area contributed by atoms with Gasteiger partial charge in [-0.25, -0.2) is 4.79 Å². The Balaban J connectivity index is 1.75. The van der Waals surface area contributed by atoms with Crippen molar-refractivity contribution in [2.45, 2.75) is 25.4 Å². The molecule has 1 amide bonds. The summed E-state index contributed by atoms with van der Waals surface area (Å²) >= 11 is 0. The second-order valence-corrected chi connectivity index (χ2v) is 6.97. The van der Waals surface area contributed by atoms with Gasteiger partial charge in [0.05, 0.1) is 23.4 Å². The number of carbonyl (C=O) groups excluding carboxylic acids is 2. The van der Waals surface area contributed by atoms with Gasteiger partial charge in [0, 0.05) is 18.0 Å². The summed E-state index contributed by atoms with van der Waals surface area (Å²) in [6.45, 7) is 2.21. The van der Waals surface area contributed by atoms with E-state index >= 15 is 0 Å². The number of amides is 1. The number of cyclic esters (lactones) is 1. The average molecular weight is 417 g/mol. The van der Waals surface area contributed by atoms with Crippen molar-refractivity contribution in [3.8, 4) is 5.75 Å². The number of anilines is 1. The molecule has 2 aliphatic rings. The zero-order valence-corrected chi connectivity index (χ0v) is 16.0. The van der Waals surface area contributed by atoms with E-state index in [1.54, 1.807) is 24.3 Å². The predicted octanol–water partition coefficient (Wildman–Crippen LogP) is 4.44. The lowest BCUT2D eigenvalue weighted by atomic mass is 9.84. The molecule has 0 saturated carbocycles. The minimum atomic E-state index is -4.54. The first-order valence-corrected chi connectivity index (χ1v) is 9.42. The van der Waals surface area contributed by atoms with Crippen molar-refractivity contribution in [1.82, 2.24) is 0 Å². The van der Waals surface area contributed by atoms with Crippen LogP contribution >= 0.6 is 0 Å². The largest absolute Gasteiger partial charge is 0.494 e. The number of hydrogen-bond donors (Lipinski definition) is 0. The van der Waals surface area contributed by atoms with E-state index in [9.17, 15) is 22.8 Å². The Kier molecular flexibility index (Phi) is 5.01. The number of carbonyl (C=O) groups is 2. The van der Waals surface area contributed by atoms with Crippen molar-refractivity contribution in [3.05, 3.63) is 70.9 Å². The van der Waals surface area contributed by atoms with Crippen LogP contribution in [0.4, 0.5) is 18.9 Å². The molecule has 4 rings (SSSR count). The minimum Gasteiger partial charge on any atom is -0.494 e. The zero-order valence-electron chi connectivity index (χ0n) is 16.0. The summed E-state index contributed by atoms with van der Waals surface area (Å²) in [6, 6.07) is 11.6. The van der Waals surface area contributed by atoms with Crippen LogP contribution < -0.4 is 9.64 Å². The predicted molar refractivity (Wildman–Crippen MR) is 102 cm³/mol. The number of benzene rings is 2. The lowest BCUT2D eigenvalue weighted by molar-refractivity contribution is -0.138. The van der Waals surface area contributed by atoms with Crippen molar-refractivity contribution in [2.75, 3.05) is 18.1 Å². The number of esters is 1. The smallest absolute Gasteiger partial charge is 0.416 e. The van der Waals surface area contributed by atoms with E-state index in [1.807, 2.05) is 6.92 Å². The van der Waals surface area contributed by atoms with Crippen LogP contribution in [0.3, 0.4) is 0 Å². The van der Waals surface area contributed by atoms with Crippen molar-refractivity contribution >= 4 is 17.6 Å². The van der Waals surface area contributed by atoms with Crippen LogP contribution in [-0.4, -0.2) is 25.1 Å². The zero-order chi connectivity index (χ0) is 21.5. The van der Waals surface area contributed by atoms with E-state index < -0.39 is 29.5 Å². The van der Waals surface area contributed by atoms with Crippen molar-refractivity contribution < 1.29 is 32.2 Å². The molecule has 0 N–H and O–H groups in total. The van der Waals surface area contributed by atoms with Gasteiger partial charge >= 0.3 is 12.1 Å². The highest BCUT2D eigenvalue weighted by atomic mass is 19.4. The van der Waals surface area contributed by atoms with Crippen molar-refractivity contribution in [3.63, 3.8) is 0 Å². The number of rotatable bonds is 4. The summed E-state index contributed by atoms with van der Waals surface area (Å²) < 4.78 is 50.0. The second kappa shape index (κ2) is 7.51. The third-order valence-corrected chi connectivity index (χ3v) is 5.14. The van der Waals surface area contributed by atoms with Crippen LogP contribution in [-0.2, 0) is 20.5 Å². The highest BCUT2D eigenvalue weighted by molar-refractivity contribution is 6.06. The molecule has 0 unspecified atom stereocenters. The fraction of sp³-hybridized carbons (Fsp3) is 0.273. The van der Waals surface area contributed by atoms with Gasteiger partial charge in [-0.1, -0.05) is 18.2 Å². The van der Waals surface area contributed by atoms with Gasteiger partial charge in [0.1, 0.15) is 12.4 Å². The lowest BCUT2D eigenvalue weighted by Crippen LogP contribution is -2.37. The van der Waals surface area contributed by atoms with E-state index in [2.05, 4.69) is 0 Å². The third kappa shape index (κ3) is 3.53. The van der Waals surface area contributed by atoms with Crippen LogP contribution in [0.5, 0.6) is 5.75 Å². The van der Waals surface area contributed by atoms with Gasteiger partial charge < -0.3 is 9.47 Å². The minimum absolute atomic E-state index is 0.0574. The van der Waals surface area contributed by atoms with Gasteiger partial charge in [0.15, 0.2) is 0 Å². The Morgan fingerprint density at radius 1 is 1.13 bits per heavy atom. The molecular formula is C22H18F3NO4. The molecule has 0 bridgehead atoms. The molecule has 2 aromatic carbocycles. The highest BCUT2D eigenvalue weighted by Gasteiger charge is 2.43. The van der Waals surface area contributed by atoms with E-state index in [4.69, 9.17) is 9.47 Å². The first-order chi connectivity index (χ1) is 14.3. The molecule has 0 aliphatic carbocycles.